The van der Waals surface area contributed by atoms with Gasteiger partial charge in [0, 0.05) is 20.2 Å². The van der Waals surface area contributed by atoms with Gasteiger partial charge in [0.05, 0.1) is 10.7 Å². The van der Waals surface area contributed by atoms with Gasteiger partial charge in [0.2, 0.25) is 0 Å². The summed E-state index contributed by atoms with van der Waals surface area (Å²) in [7, 11) is 0. The van der Waals surface area contributed by atoms with Gasteiger partial charge in [-0.25, -0.2) is 0 Å². The minimum atomic E-state index is -0.242. The lowest BCUT2D eigenvalue weighted by Gasteiger charge is -2.08. The first kappa shape index (κ1) is 14.4. The van der Waals surface area contributed by atoms with E-state index in [1.165, 1.54) is 0 Å². The molecule has 0 saturated carbocycles. The van der Waals surface area contributed by atoms with Gasteiger partial charge in [0.1, 0.15) is 0 Å². The van der Waals surface area contributed by atoms with Gasteiger partial charge in [-0.2, -0.15) is 0 Å². The molecule has 0 heterocycles. The number of hydrogen-bond donors (Lipinski definition) is 2. The topological polar surface area (TPSA) is 55.1 Å². The van der Waals surface area contributed by atoms with Crippen molar-refractivity contribution in [2.24, 2.45) is 0 Å². The molecule has 0 saturated heterocycles. The van der Waals surface area contributed by atoms with Crippen LogP contribution in [-0.4, -0.2) is 5.91 Å². The third kappa shape index (κ3) is 3.72. The molecule has 2 rings (SSSR count). The standard InChI is InChI=1S/C13H9Br2ClN2O/c14-8-3-7(4-9(15)5-8)13(19)18-12-2-1-10(17)6-11(12)16/h1-6H,17H2,(H,18,19). The van der Waals surface area contributed by atoms with E-state index in [0.29, 0.717) is 22.0 Å². The molecule has 0 aliphatic heterocycles. The van der Waals surface area contributed by atoms with E-state index in [-0.39, 0.29) is 5.91 Å². The molecule has 19 heavy (non-hydrogen) atoms. The first-order valence-electron chi connectivity index (χ1n) is 5.28. The fraction of sp³-hybridized carbons (Fsp3) is 0. The van der Waals surface area contributed by atoms with Crippen LogP contribution in [0.3, 0.4) is 0 Å². The monoisotopic (exact) mass is 402 g/mol. The molecular formula is C13H9Br2ClN2O. The van der Waals surface area contributed by atoms with Crippen molar-refractivity contribution in [1.82, 2.24) is 0 Å². The molecule has 2 aromatic carbocycles. The number of halogens is 3. The molecule has 6 heteroatoms. The maximum atomic E-state index is 12.1. The average molecular weight is 404 g/mol. The molecule has 2 aromatic rings. The van der Waals surface area contributed by atoms with Crippen LogP contribution in [0.15, 0.2) is 45.3 Å². The van der Waals surface area contributed by atoms with Crippen LogP contribution in [-0.2, 0) is 0 Å². The average Bonchev–Trinajstić information content (AvgIpc) is 2.31. The molecule has 0 aromatic heterocycles. The van der Waals surface area contributed by atoms with Crippen molar-refractivity contribution in [1.29, 1.82) is 0 Å². The van der Waals surface area contributed by atoms with Crippen molar-refractivity contribution in [3.63, 3.8) is 0 Å². The number of amides is 1. The SMILES string of the molecule is Nc1ccc(NC(=O)c2cc(Br)cc(Br)c2)c(Cl)c1. The summed E-state index contributed by atoms with van der Waals surface area (Å²) in [6.07, 6.45) is 0. The van der Waals surface area contributed by atoms with Gasteiger partial charge in [-0.3, -0.25) is 4.79 Å². The molecule has 0 bridgehead atoms. The minimum Gasteiger partial charge on any atom is -0.399 e. The highest BCUT2D eigenvalue weighted by atomic mass is 79.9. The van der Waals surface area contributed by atoms with Gasteiger partial charge < -0.3 is 11.1 Å². The van der Waals surface area contributed by atoms with Crippen molar-refractivity contribution in [3.8, 4) is 0 Å². The van der Waals surface area contributed by atoms with E-state index in [4.69, 9.17) is 17.3 Å². The van der Waals surface area contributed by atoms with E-state index in [9.17, 15) is 4.79 Å². The summed E-state index contributed by atoms with van der Waals surface area (Å²) in [5.74, 6) is -0.242. The molecule has 0 aliphatic carbocycles. The Kier molecular flexibility index (Phi) is 4.50. The van der Waals surface area contributed by atoms with E-state index < -0.39 is 0 Å². The number of carbonyl (C=O) groups is 1. The number of nitrogen functional groups attached to an aromatic ring is 1. The Morgan fingerprint density at radius 1 is 1.11 bits per heavy atom. The van der Waals surface area contributed by atoms with E-state index in [0.717, 1.165) is 8.95 Å². The molecule has 3 N–H and O–H groups in total. The van der Waals surface area contributed by atoms with Gasteiger partial charge in [-0.1, -0.05) is 43.5 Å². The summed E-state index contributed by atoms with van der Waals surface area (Å²) in [6.45, 7) is 0. The molecule has 0 atom stereocenters. The summed E-state index contributed by atoms with van der Waals surface area (Å²) < 4.78 is 1.63. The predicted molar refractivity (Wildman–Crippen MR) is 85.7 cm³/mol. The third-order valence-corrected chi connectivity index (χ3v) is 3.59. The van der Waals surface area contributed by atoms with Gasteiger partial charge in [-0.05, 0) is 36.4 Å². The maximum Gasteiger partial charge on any atom is 0.255 e. The van der Waals surface area contributed by atoms with Gasteiger partial charge in [0.15, 0.2) is 0 Å². The lowest BCUT2D eigenvalue weighted by molar-refractivity contribution is 0.102. The molecular weight excluding hydrogens is 395 g/mol. The Morgan fingerprint density at radius 2 is 1.74 bits per heavy atom. The zero-order chi connectivity index (χ0) is 14.0. The fourth-order valence-corrected chi connectivity index (χ4v) is 3.04. The fourth-order valence-electron chi connectivity index (χ4n) is 1.51. The molecule has 1 amide bonds. The van der Waals surface area contributed by atoms with Crippen LogP contribution in [0.25, 0.3) is 0 Å². The van der Waals surface area contributed by atoms with Crippen molar-refractivity contribution in [2.75, 3.05) is 11.1 Å². The molecule has 0 unspecified atom stereocenters. The lowest BCUT2D eigenvalue weighted by Crippen LogP contribution is -2.12. The number of carbonyl (C=O) groups excluding carboxylic acids is 1. The predicted octanol–water partition coefficient (Wildman–Crippen LogP) is 4.70. The largest absolute Gasteiger partial charge is 0.399 e. The van der Waals surface area contributed by atoms with Crippen molar-refractivity contribution in [2.45, 2.75) is 0 Å². The molecule has 0 fully saturated rings. The smallest absolute Gasteiger partial charge is 0.255 e. The second kappa shape index (κ2) is 5.94. The molecule has 0 aliphatic rings. The summed E-state index contributed by atoms with van der Waals surface area (Å²) in [4.78, 5) is 12.1. The van der Waals surface area contributed by atoms with Gasteiger partial charge in [-0.15, -0.1) is 0 Å². The molecule has 98 valence electrons. The van der Waals surface area contributed by atoms with Crippen LogP contribution in [0.5, 0.6) is 0 Å². The number of benzene rings is 2. The number of hydrogen-bond acceptors (Lipinski definition) is 2. The molecule has 0 radical (unpaired) electrons. The molecule has 3 nitrogen and oxygen atoms in total. The zero-order valence-corrected chi connectivity index (χ0v) is 13.5. The number of rotatable bonds is 2. The van der Waals surface area contributed by atoms with Crippen LogP contribution in [0.4, 0.5) is 11.4 Å². The first-order chi connectivity index (χ1) is 8.95. The number of nitrogens with two attached hydrogens (primary N) is 1. The number of nitrogens with one attached hydrogen (secondary N) is 1. The Morgan fingerprint density at radius 3 is 2.32 bits per heavy atom. The molecule has 0 spiro atoms. The van der Waals surface area contributed by atoms with Crippen LogP contribution in [0.2, 0.25) is 5.02 Å². The number of anilines is 2. The Balaban J connectivity index is 2.25. The van der Waals surface area contributed by atoms with Gasteiger partial charge >= 0.3 is 0 Å². The van der Waals surface area contributed by atoms with Crippen molar-refractivity contribution in [3.05, 3.63) is 55.9 Å². The summed E-state index contributed by atoms with van der Waals surface area (Å²) in [6, 6.07) is 10.2. The first-order valence-corrected chi connectivity index (χ1v) is 7.24. The Hall–Kier alpha value is -1.04. The zero-order valence-electron chi connectivity index (χ0n) is 9.58. The van der Waals surface area contributed by atoms with Crippen LogP contribution in [0, 0.1) is 0 Å². The summed E-state index contributed by atoms with van der Waals surface area (Å²) in [5.41, 5.74) is 7.20. The van der Waals surface area contributed by atoms with Crippen molar-refractivity contribution < 1.29 is 4.79 Å². The normalized spacial score (nSPS) is 10.3. The second-order valence-electron chi connectivity index (χ2n) is 3.85. The second-order valence-corrected chi connectivity index (χ2v) is 6.09. The van der Waals surface area contributed by atoms with Crippen LogP contribution >= 0.6 is 43.5 Å². The third-order valence-electron chi connectivity index (χ3n) is 2.37. The Bertz CT molecular complexity index is 626. The highest BCUT2D eigenvalue weighted by Gasteiger charge is 2.10. The highest BCUT2D eigenvalue weighted by molar-refractivity contribution is 9.11. The van der Waals surface area contributed by atoms with E-state index >= 15 is 0 Å². The quantitative estimate of drug-likeness (QED) is 0.713. The summed E-state index contributed by atoms with van der Waals surface area (Å²) in [5, 5.41) is 3.15. The van der Waals surface area contributed by atoms with Crippen molar-refractivity contribution >= 4 is 60.7 Å². The maximum absolute atomic E-state index is 12.1. The summed E-state index contributed by atoms with van der Waals surface area (Å²) >= 11 is 12.7. The van der Waals surface area contributed by atoms with E-state index in [1.807, 2.05) is 6.07 Å². The van der Waals surface area contributed by atoms with E-state index in [2.05, 4.69) is 37.2 Å². The minimum absolute atomic E-state index is 0.242. The van der Waals surface area contributed by atoms with E-state index in [1.54, 1.807) is 30.3 Å². The van der Waals surface area contributed by atoms with Crippen LogP contribution < -0.4 is 11.1 Å². The highest BCUT2D eigenvalue weighted by Crippen LogP contribution is 2.26. The van der Waals surface area contributed by atoms with Crippen LogP contribution in [0.1, 0.15) is 10.4 Å². The lowest BCUT2D eigenvalue weighted by atomic mass is 10.2. The Labute approximate surface area is 132 Å². The van der Waals surface area contributed by atoms with Gasteiger partial charge in [0.25, 0.3) is 5.91 Å².